The van der Waals surface area contributed by atoms with Crippen molar-refractivity contribution in [2.45, 2.75) is 0 Å². The number of ether oxygens (including phenoxy) is 2. The molecule has 0 saturated carbocycles. The molecule has 1 aromatic rings. The fourth-order valence-corrected chi connectivity index (χ4v) is 1.49. The van der Waals surface area contributed by atoms with Gasteiger partial charge in [-0.1, -0.05) is 0 Å². The van der Waals surface area contributed by atoms with Crippen LogP contribution in [0.1, 0.15) is 0 Å². The normalized spacial score (nSPS) is 9.82. The van der Waals surface area contributed by atoms with Crippen molar-refractivity contribution in [2.24, 2.45) is 11.5 Å². The predicted molar refractivity (Wildman–Crippen MR) is 65.5 cm³/mol. The zero-order chi connectivity index (χ0) is 12.8. The first-order valence-electron chi connectivity index (χ1n) is 5.13. The third kappa shape index (κ3) is 3.01. The number of benzene rings is 1. The summed E-state index contributed by atoms with van der Waals surface area (Å²) in [6.45, 7) is 0.649. The molecular formula is C11H17N3O3. The molecule has 0 aliphatic heterocycles. The second-order valence-corrected chi connectivity index (χ2v) is 3.32. The number of urea groups is 1. The van der Waals surface area contributed by atoms with Crippen LogP contribution in [0.4, 0.5) is 10.5 Å². The van der Waals surface area contributed by atoms with E-state index in [1.54, 1.807) is 25.3 Å². The molecule has 0 atom stereocenters. The van der Waals surface area contributed by atoms with Crippen LogP contribution >= 0.6 is 0 Å². The van der Waals surface area contributed by atoms with Crippen molar-refractivity contribution >= 4 is 11.7 Å². The molecule has 0 radical (unpaired) electrons. The molecule has 94 valence electrons. The molecule has 0 aliphatic rings. The highest BCUT2D eigenvalue weighted by atomic mass is 16.5. The highest BCUT2D eigenvalue weighted by molar-refractivity contribution is 5.92. The van der Waals surface area contributed by atoms with Gasteiger partial charge in [-0.15, -0.1) is 0 Å². The maximum Gasteiger partial charge on any atom is 0.319 e. The van der Waals surface area contributed by atoms with Gasteiger partial charge in [0.2, 0.25) is 0 Å². The Balaban J connectivity index is 3.13. The fourth-order valence-electron chi connectivity index (χ4n) is 1.49. The number of nitrogens with two attached hydrogens (primary N) is 2. The lowest BCUT2D eigenvalue weighted by molar-refractivity contribution is 0.254. The molecule has 0 bridgehead atoms. The van der Waals surface area contributed by atoms with Crippen LogP contribution in [0.15, 0.2) is 18.2 Å². The molecule has 0 aromatic heterocycles. The van der Waals surface area contributed by atoms with Crippen LogP contribution in [0, 0.1) is 0 Å². The van der Waals surface area contributed by atoms with Gasteiger partial charge in [0.05, 0.1) is 19.9 Å². The van der Waals surface area contributed by atoms with Crippen molar-refractivity contribution in [3.05, 3.63) is 18.2 Å². The minimum atomic E-state index is -0.570. The van der Waals surface area contributed by atoms with Crippen molar-refractivity contribution < 1.29 is 14.3 Å². The molecule has 0 saturated heterocycles. The summed E-state index contributed by atoms with van der Waals surface area (Å²) in [6, 6.07) is 4.54. The van der Waals surface area contributed by atoms with E-state index in [0.717, 1.165) is 0 Å². The third-order valence-electron chi connectivity index (χ3n) is 2.30. The van der Waals surface area contributed by atoms with Crippen LogP contribution in [0.5, 0.6) is 11.5 Å². The summed E-state index contributed by atoms with van der Waals surface area (Å²) in [5.74, 6) is 1.15. The van der Waals surface area contributed by atoms with E-state index < -0.39 is 6.03 Å². The first-order valence-corrected chi connectivity index (χ1v) is 5.13. The van der Waals surface area contributed by atoms with E-state index in [2.05, 4.69) is 0 Å². The quantitative estimate of drug-likeness (QED) is 0.785. The standard InChI is InChI=1S/C11H17N3O3/c1-16-8-3-4-9(10(7-8)17-2)14(6-5-12)11(13)15/h3-4,7H,5-6,12H2,1-2H3,(H2,13,15). The second kappa shape index (κ2) is 5.95. The average Bonchev–Trinajstić information content (AvgIpc) is 2.35. The first kappa shape index (κ1) is 13.1. The highest BCUT2D eigenvalue weighted by Gasteiger charge is 2.16. The van der Waals surface area contributed by atoms with Crippen LogP contribution in [-0.2, 0) is 0 Å². The molecule has 0 aliphatic carbocycles. The molecule has 0 spiro atoms. The van der Waals surface area contributed by atoms with Gasteiger partial charge in [-0.25, -0.2) is 4.79 Å². The topological polar surface area (TPSA) is 90.8 Å². The van der Waals surface area contributed by atoms with E-state index in [-0.39, 0.29) is 0 Å². The molecule has 0 heterocycles. The molecule has 1 aromatic carbocycles. The molecule has 0 unspecified atom stereocenters. The van der Waals surface area contributed by atoms with Crippen LogP contribution in [0.25, 0.3) is 0 Å². The Kier molecular flexibility index (Phi) is 4.59. The van der Waals surface area contributed by atoms with Crippen molar-refractivity contribution in [2.75, 3.05) is 32.2 Å². The Morgan fingerprint density at radius 1 is 1.35 bits per heavy atom. The maximum atomic E-state index is 11.3. The van der Waals surface area contributed by atoms with Gasteiger partial charge in [0.25, 0.3) is 0 Å². The summed E-state index contributed by atoms with van der Waals surface area (Å²) < 4.78 is 10.3. The zero-order valence-electron chi connectivity index (χ0n) is 9.97. The number of anilines is 1. The number of amides is 2. The summed E-state index contributed by atoms with van der Waals surface area (Å²) in [5.41, 5.74) is 11.3. The number of hydrogen-bond donors (Lipinski definition) is 2. The predicted octanol–water partition coefficient (Wildman–Crippen LogP) is 0.548. The molecule has 17 heavy (non-hydrogen) atoms. The van der Waals surface area contributed by atoms with E-state index in [9.17, 15) is 4.79 Å². The zero-order valence-corrected chi connectivity index (χ0v) is 9.97. The van der Waals surface area contributed by atoms with Crippen molar-refractivity contribution in [3.63, 3.8) is 0 Å². The Hall–Kier alpha value is -1.95. The molecule has 1 rings (SSSR count). The van der Waals surface area contributed by atoms with Crippen molar-refractivity contribution in [3.8, 4) is 11.5 Å². The lowest BCUT2D eigenvalue weighted by Crippen LogP contribution is -2.39. The minimum absolute atomic E-state index is 0.318. The summed E-state index contributed by atoms with van der Waals surface area (Å²) in [4.78, 5) is 12.7. The summed E-state index contributed by atoms with van der Waals surface area (Å²) in [7, 11) is 3.07. The fraction of sp³-hybridized carbons (Fsp3) is 0.364. The number of carbonyl (C=O) groups is 1. The monoisotopic (exact) mass is 239 g/mol. The van der Waals surface area contributed by atoms with E-state index in [1.165, 1.54) is 12.0 Å². The number of primary amides is 1. The van der Waals surface area contributed by atoms with E-state index >= 15 is 0 Å². The van der Waals surface area contributed by atoms with Gasteiger partial charge in [-0.05, 0) is 12.1 Å². The Labute approximate surface area is 100 Å². The number of hydrogen-bond acceptors (Lipinski definition) is 4. The van der Waals surface area contributed by atoms with Crippen molar-refractivity contribution in [1.82, 2.24) is 0 Å². The highest BCUT2D eigenvalue weighted by Crippen LogP contribution is 2.31. The summed E-state index contributed by atoms with van der Waals surface area (Å²) in [6.07, 6.45) is 0. The Morgan fingerprint density at radius 3 is 2.53 bits per heavy atom. The average molecular weight is 239 g/mol. The lowest BCUT2D eigenvalue weighted by atomic mass is 10.2. The van der Waals surface area contributed by atoms with Crippen LogP contribution in [0.3, 0.4) is 0 Å². The Bertz CT molecular complexity index is 396. The van der Waals surface area contributed by atoms with Crippen molar-refractivity contribution in [1.29, 1.82) is 0 Å². The molecule has 6 heteroatoms. The molecular weight excluding hydrogens is 222 g/mol. The van der Waals surface area contributed by atoms with Crippen LogP contribution in [0.2, 0.25) is 0 Å². The SMILES string of the molecule is COc1ccc(N(CCN)C(N)=O)c(OC)c1. The number of methoxy groups -OCH3 is 2. The molecule has 6 nitrogen and oxygen atoms in total. The van der Waals surface area contributed by atoms with Crippen LogP contribution in [-0.4, -0.2) is 33.3 Å². The largest absolute Gasteiger partial charge is 0.497 e. The number of rotatable bonds is 5. The van der Waals surface area contributed by atoms with Gasteiger partial charge < -0.3 is 20.9 Å². The summed E-state index contributed by atoms with van der Waals surface area (Å²) >= 11 is 0. The van der Waals surface area contributed by atoms with E-state index in [4.69, 9.17) is 20.9 Å². The Morgan fingerprint density at radius 2 is 2.06 bits per heavy atom. The summed E-state index contributed by atoms with van der Waals surface area (Å²) in [5, 5.41) is 0. The molecule has 4 N–H and O–H groups in total. The van der Waals surface area contributed by atoms with Crippen LogP contribution < -0.4 is 25.8 Å². The van der Waals surface area contributed by atoms with Gasteiger partial charge in [-0.2, -0.15) is 0 Å². The van der Waals surface area contributed by atoms with E-state index in [1.807, 2.05) is 0 Å². The van der Waals surface area contributed by atoms with Gasteiger partial charge in [0, 0.05) is 19.2 Å². The number of nitrogens with zero attached hydrogens (tertiary/aromatic N) is 1. The second-order valence-electron chi connectivity index (χ2n) is 3.32. The number of carbonyl (C=O) groups excluding carboxylic acids is 1. The van der Waals surface area contributed by atoms with Gasteiger partial charge in [-0.3, -0.25) is 4.90 Å². The first-order chi connectivity index (χ1) is 8.13. The van der Waals surface area contributed by atoms with E-state index in [0.29, 0.717) is 30.3 Å². The third-order valence-corrected chi connectivity index (χ3v) is 2.30. The lowest BCUT2D eigenvalue weighted by Gasteiger charge is -2.22. The smallest absolute Gasteiger partial charge is 0.319 e. The van der Waals surface area contributed by atoms with Gasteiger partial charge in [0.1, 0.15) is 11.5 Å². The van der Waals surface area contributed by atoms with Gasteiger partial charge >= 0.3 is 6.03 Å². The molecule has 2 amide bonds. The minimum Gasteiger partial charge on any atom is -0.497 e. The maximum absolute atomic E-state index is 11.3. The van der Waals surface area contributed by atoms with Gasteiger partial charge in [0.15, 0.2) is 0 Å². The molecule has 0 fully saturated rings.